The molecule has 3 aromatic rings. The summed E-state index contributed by atoms with van der Waals surface area (Å²) in [7, 11) is 0. The fraction of sp³-hybridized carbons (Fsp3) is 0.0909. The first-order chi connectivity index (χ1) is 15.8. The van der Waals surface area contributed by atoms with Gasteiger partial charge in [0.05, 0.1) is 22.1 Å². The number of nitrogens with zero attached hydrogens (tertiary/aromatic N) is 3. The predicted molar refractivity (Wildman–Crippen MR) is 123 cm³/mol. The van der Waals surface area contributed by atoms with Crippen LogP contribution in [0.3, 0.4) is 0 Å². The third-order valence-corrected chi connectivity index (χ3v) is 4.34. The molecule has 0 aliphatic rings. The molecule has 1 amide bonds. The van der Waals surface area contributed by atoms with Crippen molar-refractivity contribution in [1.82, 2.24) is 0 Å². The van der Waals surface area contributed by atoms with E-state index >= 15 is 0 Å². The van der Waals surface area contributed by atoms with Gasteiger partial charge >= 0.3 is 5.69 Å². The van der Waals surface area contributed by atoms with Crippen LogP contribution in [0.5, 0.6) is 5.75 Å². The number of carbonyl (C=O) groups is 1. The van der Waals surface area contributed by atoms with Crippen LogP contribution in [-0.4, -0.2) is 28.6 Å². The summed E-state index contributed by atoms with van der Waals surface area (Å²) in [6.45, 7) is 1.77. The first kappa shape index (κ1) is 22.9. The van der Waals surface area contributed by atoms with E-state index in [1.807, 2.05) is 25.1 Å². The fourth-order valence-electron chi connectivity index (χ4n) is 2.77. The van der Waals surface area contributed by atoms with Gasteiger partial charge in [-0.3, -0.25) is 30.4 Å². The van der Waals surface area contributed by atoms with Crippen LogP contribution in [0.25, 0.3) is 0 Å². The van der Waals surface area contributed by atoms with E-state index in [1.54, 1.807) is 30.3 Å². The SMILES string of the molecule is Cc1cccc(NC(=O)COc2ccc(/C=N\Nc3ccc([N+](=O)[O-])cc3[N+](=O)[O-])cc2)c1. The summed E-state index contributed by atoms with van der Waals surface area (Å²) in [5.74, 6) is 0.186. The molecule has 0 saturated heterocycles. The molecule has 0 aliphatic carbocycles. The molecule has 2 N–H and O–H groups in total. The monoisotopic (exact) mass is 449 g/mol. The number of carbonyl (C=O) groups excluding carboxylic acids is 1. The molecule has 0 fully saturated rings. The molecule has 0 aromatic heterocycles. The first-order valence-electron chi connectivity index (χ1n) is 9.63. The Labute approximate surface area is 188 Å². The van der Waals surface area contributed by atoms with Crippen molar-refractivity contribution in [3.05, 3.63) is 98.1 Å². The molecule has 11 heteroatoms. The Morgan fingerprint density at radius 2 is 1.79 bits per heavy atom. The van der Waals surface area contributed by atoms with Crippen molar-refractivity contribution in [3.63, 3.8) is 0 Å². The third kappa shape index (κ3) is 6.59. The minimum Gasteiger partial charge on any atom is -0.484 e. The van der Waals surface area contributed by atoms with Gasteiger partial charge in [-0.05, 0) is 60.5 Å². The van der Waals surface area contributed by atoms with Crippen molar-refractivity contribution in [3.8, 4) is 5.75 Å². The minimum absolute atomic E-state index is 0.0152. The van der Waals surface area contributed by atoms with E-state index in [1.165, 1.54) is 12.3 Å². The highest BCUT2D eigenvalue weighted by molar-refractivity contribution is 5.92. The van der Waals surface area contributed by atoms with Crippen LogP contribution in [-0.2, 0) is 4.79 Å². The predicted octanol–water partition coefficient (Wildman–Crippen LogP) is 4.27. The normalized spacial score (nSPS) is 10.6. The van der Waals surface area contributed by atoms with E-state index in [4.69, 9.17) is 4.74 Å². The van der Waals surface area contributed by atoms with Crippen molar-refractivity contribution < 1.29 is 19.4 Å². The Balaban J connectivity index is 1.54. The quantitative estimate of drug-likeness (QED) is 0.281. The van der Waals surface area contributed by atoms with Gasteiger partial charge in [-0.15, -0.1) is 0 Å². The number of non-ortho nitro benzene ring substituents is 1. The molecule has 0 heterocycles. The van der Waals surface area contributed by atoms with E-state index in [0.717, 1.165) is 17.7 Å². The zero-order valence-corrected chi connectivity index (χ0v) is 17.4. The summed E-state index contributed by atoms with van der Waals surface area (Å²) in [6, 6.07) is 17.3. The number of amides is 1. The highest BCUT2D eigenvalue weighted by Gasteiger charge is 2.19. The molecule has 0 bridgehead atoms. The molecular weight excluding hydrogens is 430 g/mol. The number of hydrazone groups is 1. The summed E-state index contributed by atoms with van der Waals surface area (Å²) in [6.07, 6.45) is 1.42. The maximum absolute atomic E-state index is 12.0. The largest absolute Gasteiger partial charge is 0.484 e. The number of hydrogen-bond acceptors (Lipinski definition) is 8. The standard InChI is InChI=1S/C22H19N5O6/c1-15-3-2-4-17(11-15)24-22(28)14-33-19-8-5-16(6-9-19)13-23-25-20-10-7-18(26(29)30)12-21(20)27(31)32/h2-13,25H,14H2,1H3,(H,24,28)/b23-13-. The van der Waals surface area contributed by atoms with Crippen LogP contribution in [0.4, 0.5) is 22.7 Å². The van der Waals surface area contributed by atoms with Crippen molar-refractivity contribution in [2.75, 3.05) is 17.3 Å². The van der Waals surface area contributed by atoms with Gasteiger partial charge in [0.15, 0.2) is 6.61 Å². The maximum Gasteiger partial charge on any atom is 0.301 e. The van der Waals surface area contributed by atoms with E-state index in [0.29, 0.717) is 17.0 Å². The molecule has 11 nitrogen and oxygen atoms in total. The number of nitro groups is 2. The second-order valence-electron chi connectivity index (χ2n) is 6.86. The van der Waals surface area contributed by atoms with Gasteiger partial charge < -0.3 is 10.1 Å². The second kappa shape index (κ2) is 10.5. The van der Waals surface area contributed by atoms with Crippen molar-refractivity contribution in [2.24, 2.45) is 5.10 Å². The van der Waals surface area contributed by atoms with E-state index in [-0.39, 0.29) is 23.9 Å². The van der Waals surface area contributed by atoms with Crippen molar-refractivity contribution >= 4 is 34.9 Å². The summed E-state index contributed by atoms with van der Waals surface area (Å²) < 4.78 is 5.47. The van der Waals surface area contributed by atoms with Crippen LogP contribution in [0, 0.1) is 27.2 Å². The van der Waals surface area contributed by atoms with Crippen LogP contribution < -0.4 is 15.5 Å². The van der Waals surface area contributed by atoms with Gasteiger partial charge in [0.25, 0.3) is 11.6 Å². The summed E-state index contributed by atoms with van der Waals surface area (Å²) in [4.78, 5) is 32.5. The lowest BCUT2D eigenvalue weighted by molar-refractivity contribution is -0.393. The Morgan fingerprint density at radius 3 is 2.45 bits per heavy atom. The Kier molecular flexibility index (Phi) is 7.27. The van der Waals surface area contributed by atoms with Crippen molar-refractivity contribution in [2.45, 2.75) is 6.92 Å². The number of nitro benzene ring substituents is 2. The highest BCUT2D eigenvalue weighted by Crippen LogP contribution is 2.28. The summed E-state index contributed by atoms with van der Waals surface area (Å²) >= 11 is 0. The average molecular weight is 449 g/mol. The lowest BCUT2D eigenvalue weighted by Gasteiger charge is -2.08. The van der Waals surface area contributed by atoms with Gasteiger partial charge in [0.1, 0.15) is 11.4 Å². The van der Waals surface area contributed by atoms with Crippen LogP contribution >= 0.6 is 0 Å². The van der Waals surface area contributed by atoms with E-state index in [9.17, 15) is 25.0 Å². The van der Waals surface area contributed by atoms with E-state index < -0.39 is 15.5 Å². The number of ether oxygens (including phenoxy) is 1. The first-order valence-corrected chi connectivity index (χ1v) is 9.63. The highest BCUT2D eigenvalue weighted by atomic mass is 16.6. The third-order valence-electron chi connectivity index (χ3n) is 4.34. The van der Waals surface area contributed by atoms with Gasteiger partial charge in [0, 0.05) is 11.8 Å². The summed E-state index contributed by atoms with van der Waals surface area (Å²) in [5.41, 5.74) is 4.05. The molecule has 0 spiro atoms. The smallest absolute Gasteiger partial charge is 0.301 e. The number of hydrogen-bond donors (Lipinski definition) is 2. The van der Waals surface area contributed by atoms with Crippen molar-refractivity contribution in [1.29, 1.82) is 0 Å². The molecule has 3 rings (SSSR count). The number of rotatable bonds is 9. The molecule has 0 aliphatic heterocycles. The minimum atomic E-state index is -0.730. The zero-order valence-electron chi connectivity index (χ0n) is 17.4. The molecule has 168 valence electrons. The molecule has 0 radical (unpaired) electrons. The van der Waals surface area contributed by atoms with Crippen LogP contribution in [0.1, 0.15) is 11.1 Å². The van der Waals surface area contributed by atoms with E-state index in [2.05, 4.69) is 15.8 Å². The van der Waals surface area contributed by atoms with Crippen LogP contribution in [0.2, 0.25) is 0 Å². The van der Waals surface area contributed by atoms with Gasteiger partial charge in [-0.2, -0.15) is 5.10 Å². The maximum atomic E-state index is 12.0. The number of aryl methyl sites for hydroxylation is 1. The lowest BCUT2D eigenvalue weighted by atomic mass is 10.2. The van der Waals surface area contributed by atoms with Gasteiger partial charge in [-0.1, -0.05) is 12.1 Å². The molecule has 33 heavy (non-hydrogen) atoms. The average Bonchev–Trinajstić information content (AvgIpc) is 2.78. The molecule has 0 unspecified atom stereocenters. The summed E-state index contributed by atoms with van der Waals surface area (Å²) in [5, 5.41) is 28.6. The zero-order chi connectivity index (χ0) is 23.8. The Morgan fingerprint density at radius 1 is 1.03 bits per heavy atom. The van der Waals surface area contributed by atoms with Gasteiger partial charge in [0.2, 0.25) is 0 Å². The van der Waals surface area contributed by atoms with Crippen LogP contribution in [0.15, 0.2) is 71.8 Å². The lowest BCUT2D eigenvalue weighted by Crippen LogP contribution is -2.20. The Hall–Kier alpha value is -4.80. The molecular formula is C22H19N5O6. The molecule has 0 atom stereocenters. The number of benzene rings is 3. The fourth-order valence-corrected chi connectivity index (χ4v) is 2.77. The Bertz CT molecular complexity index is 1210. The molecule has 3 aromatic carbocycles. The second-order valence-corrected chi connectivity index (χ2v) is 6.86. The topological polar surface area (TPSA) is 149 Å². The van der Waals surface area contributed by atoms with Gasteiger partial charge in [-0.25, -0.2) is 0 Å². The molecule has 0 saturated carbocycles. The number of anilines is 2. The number of nitrogens with one attached hydrogen (secondary N) is 2.